The van der Waals surface area contributed by atoms with Crippen LogP contribution in [0.1, 0.15) is 22.9 Å². The van der Waals surface area contributed by atoms with Gasteiger partial charge in [0.2, 0.25) is 0 Å². The summed E-state index contributed by atoms with van der Waals surface area (Å²) in [6.07, 6.45) is 3.01. The van der Waals surface area contributed by atoms with E-state index >= 15 is 4.39 Å². The second kappa shape index (κ2) is 8.68. The minimum atomic E-state index is -1.26. The number of hydrogen-bond acceptors (Lipinski definition) is 8. The van der Waals surface area contributed by atoms with Gasteiger partial charge in [-0.3, -0.25) is 0 Å². The van der Waals surface area contributed by atoms with Crippen LogP contribution in [0.5, 0.6) is 5.75 Å². The van der Waals surface area contributed by atoms with Crippen molar-refractivity contribution in [3.63, 3.8) is 0 Å². The third-order valence-corrected chi connectivity index (χ3v) is 5.86. The molecule has 4 aromatic rings. The molecule has 5 rings (SSSR count). The maximum atomic E-state index is 15.0. The molecule has 0 amide bonds. The van der Waals surface area contributed by atoms with Crippen molar-refractivity contribution in [3.05, 3.63) is 71.8 Å². The van der Waals surface area contributed by atoms with Crippen LogP contribution in [-0.4, -0.2) is 56.5 Å². The molecule has 2 aromatic carbocycles. The minimum Gasteiger partial charge on any atom is -0.507 e. The highest BCUT2D eigenvalue weighted by molar-refractivity contribution is 5.94. The van der Waals surface area contributed by atoms with Gasteiger partial charge in [0.15, 0.2) is 0 Å². The molecule has 0 saturated carbocycles. The Balaban J connectivity index is 1.59. The van der Waals surface area contributed by atoms with Gasteiger partial charge in [0.25, 0.3) is 0 Å². The lowest BCUT2D eigenvalue weighted by molar-refractivity contribution is 0.122. The summed E-state index contributed by atoms with van der Waals surface area (Å²) in [5, 5.41) is 21.9. The van der Waals surface area contributed by atoms with Crippen LogP contribution in [0.25, 0.3) is 22.2 Å². The van der Waals surface area contributed by atoms with Gasteiger partial charge < -0.3 is 19.8 Å². The molecule has 1 unspecified atom stereocenters. The molecule has 3 heterocycles. The number of phenolic OH excluding ortho intramolecular Hbond substituents is 1. The van der Waals surface area contributed by atoms with Crippen LogP contribution in [-0.2, 0) is 4.74 Å². The molecule has 0 spiro atoms. The van der Waals surface area contributed by atoms with Crippen molar-refractivity contribution in [2.75, 3.05) is 31.2 Å². The number of aliphatic hydroxyl groups is 1. The number of phenols is 1. The van der Waals surface area contributed by atoms with E-state index in [2.05, 4.69) is 24.8 Å². The number of halogens is 1. The van der Waals surface area contributed by atoms with Crippen molar-refractivity contribution in [2.24, 2.45) is 0 Å². The molecule has 1 aliphatic heterocycles. The fraction of sp³-hybridized carbons (Fsp3) is 0.250. The normalized spacial score (nSPS) is 15.1. The molecule has 0 aliphatic carbocycles. The standard InChI is InChI=1S/C24H22FN5O3/c1-14-11-26-12-28-22(14)24(32)18-9-17(19(25)10-21(18)31)23-16-3-2-15(8-20(16)27-13-29-23)30-4-6-33-7-5-30/h2-3,8-13,24,31-32H,4-7H2,1H3. The molecule has 9 heteroatoms. The van der Waals surface area contributed by atoms with E-state index in [4.69, 9.17) is 4.74 Å². The third-order valence-electron chi connectivity index (χ3n) is 5.86. The molecule has 1 aliphatic rings. The van der Waals surface area contributed by atoms with Crippen molar-refractivity contribution in [1.82, 2.24) is 19.9 Å². The Kier molecular flexibility index (Phi) is 5.57. The Morgan fingerprint density at radius 1 is 1.06 bits per heavy atom. The Morgan fingerprint density at radius 2 is 1.88 bits per heavy atom. The fourth-order valence-electron chi connectivity index (χ4n) is 4.10. The highest BCUT2D eigenvalue weighted by Crippen LogP contribution is 2.37. The van der Waals surface area contributed by atoms with Crippen molar-refractivity contribution < 1.29 is 19.3 Å². The third kappa shape index (κ3) is 3.96. The van der Waals surface area contributed by atoms with Gasteiger partial charge in [-0.25, -0.2) is 24.3 Å². The number of nitrogens with zero attached hydrogens (tertiary/aromatic N) is 5. The predicted molar refractivity (Wildman–Crippen MR) is 120 cm³/mol. The monoisotopic (exact) mass is 447 g/mol. The lowest BCUT2D eigenvalue weighted by Crippen LogP contribution is -2.36. The highest BCUT2D eigenvalue weighted by atomic mass is 19.1. The summed E-state index contributed by atoms with van der Waals surface area (Å²) in [7, 11) is 0. The van der Waals surface area contributed by atoms with E-state index in [1.165, 1.54) is 18.7 Å². The molecule has 2 N–H and O–H groups in total. The molecule has 8 nitrogen and oxygen atoms in total. The average Bonchev–Trinajstić information content (AvgIpc) is 2.84. The largest absolute Gasteiger partial charge is 0.507 e. The Bertz CT molecular complexity index is 1330. The maximum absolute atomic E-state index is 15.0. The van der Waals surface area contributed by atoms with E-state index in [-0.39, 0.29) is 16.9 Å². The number of anilines is 1. The lowest BCUT2D eigenvalue weighted by Gasteiger charge is -2.29. The molecule has 1 saturated heterocycles. The van der Waals surface area contributed by atoms with Gasteiger partial charge in [-0.05, 0) is 36.8 Å². The van der Waals surface area contributed by atoms with E-state index in [1.54, 1.807) is 13.1 Å². The number of morpholine rings is 1. The van der Waals surface area contributed by atoms with Gasteiger partial charge >= 0.3 is 0 Å². The van der Waals surface area contributed by atoms with Crippen molar-refractivity contribution >= 4 is 16.6 Å². The second-order valence-electron chi connectivity index (χ2n) is 7.91. The van der Waals surface area contributed by atoms with Crippen LogP contribution < -0.4 is 4.90 Å². The summed E-state index contributed by atoms with van der Waals surface area (Å²) in [5.74, 6) is -1.02. The first-order valence-corrected chi connectivity index (χ1v) is 10.6. The Morgan fingerprint density at radius 3 is 2.67 bits per heavy atom. The molecule has 0 bridgehead atoms. The molecule has 168 valence electrons. The Labute approximate surface area is 189 Å². The SMILES string of the molecule is Cc1cncnc1C(O)c1cc(-c2ncnc3cc(N4CCOCC4)ccc23)c(F)cc1O. The number of aliphatic hydroxyl groups excluding tert-OH is 1. The number of rotatable bonds is 4. The van der Waals surface area contributed by atoms with Gasteiger partial charge in [-0.15, -0.1) is 0 Å². The smallest absolute Gasteiger partial charge is 0.136 e. The summed E-state index contributed by atoms with van der Waals surface area (Å²) in [6, 6.07) is 8.17. The molecular weight excluding hydrogens is 425 g/mol. The first kappa shape index (κ1) is 21.2. The van der Waals surface area contributed by atoms with Gasteiger partial charge in [0.05, 0.1) is 30.1 Å². The molecule has 1 fully saturated rings. The van der Waals surface area contributed by atoms with E-state index in [0.29, 0.717) is 41.1 Å². The van der Waals surface area contributed by atoms with Crippen molar-refractivity contribution in [3.8, 4) is 17.0 Å². The summed E-state index contributed by atoms with van der Waals surface area (Å²) in [6.45, 7) is 4.68. The first-order chi connectivity index (χ1) is 16.0. The van der Waals surface area contributed by atoms with Crippen LogP contribution in [0.4, 0.5) is 10.1 Å². The number of aromatic hydroxyl groups is 1. The average molecular weight is 447 g/mol. The summed E-state index contributed by atoms with van der Waals surface area (Å²) >= 11 is 0. The first-order valence-electron chi connectivity index (χ1n) is 10.6. The van der Waals surface area contributed by atoms with Gasteiger partial charge in [-0.1, -0.05) is 0 Å². The summed E-state index contributed by atoms with van der Waals surface area (Å²) < 4.78 is 20.4. The summed E-state index contributed by atoms with van der Waals surface area (Å²) in [4.78, 5) is 19.0. The number of hydrogen-bond donors (Lipinski definition) is 2. The Hall–Kier alpha value is -3.69. The predicted octanol–water partition coefficient (Wildman–Crippen LogP) is 3.16. The van der Waals surface area contributed by atoms with Crippen LogP contribution in [0, 0.1) is 12.7 Å². The fourth-order valence-corrected chi connectivity index (χ4v) is 4.10. The van der Waals surface area contributed by atoms with E-state index in [1.807, 2.05) is 18.2 Å². The maximum Gasteiger partial charge on any atom is 0.136 e. The second-order valence-corrected chi connectivity index (χ2v) is 7.91. The molecule has 0 radical (unpaired) electrons. The number of benzene rings is 2. The van der Waals surface area contributed by atoms with Crippen molar-refractivity contribution in [1.29, 1.82) is 0 Å². The lowest BCUT2D eigenvalue weighted by atomic mass is 9.97. The van der Waals surface area contributed by atoms with E-state index in [0.717, 1.165) is 24.8 Å². The summed E-state index contributed by atoms with van der Waals surface area (Å²) in [5.41, 5.74) is 3.32. The molecule has 2 aromatic heterocycles. The van der Waals surface area contributed by atoms with Crippen LogP contribution >= 0.6 is 0 Å². The van der Waals surface area contributed by atoms with Crippen LogP contribution in [0.15, 0.2) is 49.2 Å². The van der Waals surface area contributed by atoms with Gasteiger partial charge in [-0.2, -0.15) is 0 Å². The molecule has 33 heavy (non-hydrogen) atoms. The topological polar surface area (TPSA) is 104 Å². The van der Waals surface area contributed by atoms with Crippen LogP contribution in [0.2, 0.25) is 0 Å². The zero-order chi connectivity index (χ0) is 22.9. The van der Waals surface area contributed by atoms with E-state index in [9.17, 15) is 10.2 Å². The zero-order valence-electron chi connectivity index (χ0n) is 17.9. The number of aryl methyl sites for hydroxylation is 1. The number of ether oxygens (including phenoxy) is 1. The number of aromatic nitrogens is 4. The van der Waals surface area contributed by atoms with E-state index < -0.39 is 11.9 Å². The highest BCUT2D eigenvalue weighted by Gasteiger charge is 2.23. The molecule has 1 atom stereocenters. The van der Waals surface area contributed by atoms with Crippen molar-refractivity contribution in [2.45, 2.75) is 13.0 Å². The minimum absolute atomic E-state index is 0.130. The number of fused-ring (bicyclic) bond motifs is 1. The molecular formula is C24H22FN5O3. The zero-order valence-corrected chi connectivity index (χ0v) is 17.9. The van der Waals surface area contributed by atoms with Gasteiger partial charge in [0.1, 0.15) is 30.3 Å². The van der Waals surface area contributed by atoms with Crippen LogP contribution in [0.3, 0.4) is 0 Å². The van der Waals surface area contributed by atoms with Gasteiger partial charge in [0, 0.05) is 47.6 Å². The quantitative estimate of drug-likeness (QED) is 0.492.